The zero-order chi connectivity index (χ0) is 14.6. The molecule has 1 N–H and O–H groups in total. The molecule has 0 aromatic heterocycles. The summed E-state index contributed by atoms with van der Waals surface area (Å²) in [6.07, 6.45) is 0.778. The van der Waals surface area contributed by atoms with Crippen LogP contribution in [0.5, 0.6) is 0 Å². The smallest absolute Gasteiger partial charge is 0.407 e. The summed E-state index contributed by atoms with van der Waals surface area (Å²) in [6, 6.07) is 10.4. The van der Waals surface area contributed by atoms with Gasteiger partial charge in [-0.3, -0.25) is 0 Å². The third-order valence-corrected chi connectivity index (χ3v) is 3.34. The van der Waals surface area contributed by atoms with Crippen LogP contribution in [0.1, 0.15) is 27.2 Å². The molecule has 0 radical (unpaired) electrons. The van der Waals surface area contributed by atoms with Crippen LogP contribution in [0.2, 0.25) is 0 Å². The van der Waals surface area contributed by atoms with Gasteiger partial charge in [0, 0.05) is 25.3 Å². The standard InChI is InChI=1S/C16H24N2O2/c1-16(2,3)20-15(19)17-11-13-9-10-18(12-13)14-7-5-4-6-8-14/h4-8,13H,9-12H2,1-3H3,(H,17,19)/t13-/m1/s1. The molecular weight excluding hydrogens is 252 g/mol. The molecule has 1 aliphatic heterocycles. The summed E-state index contributed by atoms with van der Waals surface area (Å²) < 4.78 is 5.25. The number of carbonyl (C=O) groups is 1. The molecule has 0 unspecified atom stereocenters. The molecule has 4 nitrogen and oxygen atoms in total. The number of ether oxygens (including phenoxy) is 1. The Balaban J connectivity index is 1.75. The van der Waals surface area contributed by atoms with Gasteiger partial charge in [-0.2, -0.15) is 0 Å². The summed E-state index contributed by atoms with van der Waals surface area (Å²) >= 11 is 0. The molecule has 1 fully saturated rings. The summed E-state index contributed by atoms with van der Waals surface area (Å²) in [7, 11) is 0. The third kappa shape index (κ3) is 4.44. The molecule has 1 aromatic carbocycles. The molecule has 0 spiro atoms. The molecule has 20 heavy (non-hydrogen) atoms. The normalized spacial score (nSPS) is 18.9. The summed E-state index contributed by atoms with van der Waals surface area (Å²) in [5.74, 6) is 0.489. The van der Waals surface area contributed by atoms with Crippen molar-refractivity contribution in [2.45, 2.75) is 32.8 Å². The maximum Gasteiger partial charge on any atom is 0.407 e. The lowest BCUT2D eigenvalue weighted by molar-refractivity contribution is 0.0520. The van der Waals surface area contributed by atoms with E-state index in [1.54, 1.807) is 0 Å². The number of benzene rings is 1. The second-order valence-electron chi connectivity index (χ2n) is 6.32. The van der Waals surface area contributed by atoms with Gasteiger partial charge in [-0.05, 0) is 45.2 Å². The van der Waals surface area contributed by atoms with E-state index < -0.39 is 5.60 Å². The molecule has 1 atom stereocenters. The highest BCUT2D eigenvalue weighted by Crippen LogP contribution is 2.23. The Kier molecular flexibility index (Phi) is 4.53. The fourth-order valence-corrected chi connectivity index (χ4v) is 2.41. The number of nitrogens with zero attached hydrogens (tertiary/aromatic N) is 1. The van der Waals surface area contributed by atoms with E-state index in [4.69, 9.17) is 4.74 Å². The number of hydrogen-bond acceptors (Lipinski definition) is 3. The predicted octanol–water partition coefficient (Wildman–Crippen LogP) is 3.04. The highest BCUT2D eigenvalue weighted by atomic mass is 16.6. The minimum atomic E-state index is -0.435. The van der Waals surface area contributed by atoms with Crippen LogP contribution in [-0.2, 0) is 4.74 Å². The molecule has 110 valence electrons. The summed E-state index contributed by atoms with van der Waals surface area (Å²) in [6.45, 7) is 8.33. The second-order valence-corrected chi connectivity index (χ2v) is 6.32. The lowest BCUT2D eigenvalue weighted by atomic mass is 10.1. The van der Waals surface area contributed by atoms with Crippen molar-refractivity contribution in [1.29, 1.82) is 0 Å². The Hall–Kier alpha value is -1.71. The van der Waals surface area contributed by atoms with Crippen molar-refractivity contribution in [3.63, 3.8) is 0 Å². The fraction of sp³-hybridized carbons (Fsp3) is 0.562. The Morgan fingerprint density at radius 3 is 2.70 bits per heavy atom. The number of alkyl carbamates (subject to hydrolysis) is 1. The van der Waals surface area contributed by atoms with Gasteiger partial charge in [0.05, 0.1) is 0 Å². The molecule has 0 aliphatic carbocycles. The molecule has 1 heterocycles. The van der Waals surface area contributed by atoms with Gasteiger partial charge >= 0.3 is 6.09 Å². The fourth-order valence-electron chi connectivity index (χ4n) is 2.41. The Labute approximate surface area is 121 Å². The number of nitrogens with one attached hydrogen (secondary N) is 1. The van der Waals surface area contributed by atoms with E-state index >= 15 is 0 Å². The van der Waals surface area contributed by atoms with Crippen molar-refractivity contribution >= 4 is 11.8 Å². The molecule has 1 aliphatic rings. The zero-order valence-electron chi connectivity index (χ0n) is 12.6. The number of rotatable bonds is 3. The first kappa shape index (κ1) is 14.7. The highest BCUT2D eigenvalue weighted by Gasteiger charge is 2.24. The Bertz CT molecular complexity index is 440. The zero-order valence-corrected chi connectivity index (χ0v) is 12.6. The molecule has 2 rings (SSSR count). The van der Waals surface area contributed by atoms with Crippen LogP contribution in [0.4, 0.5) is 10.5 Å². The Morgan fingerprint density at radius 1 is 1.35 bits per heavy atom. The van der Waals surface area contributed by atoms with Crippen molar-refractivity contribution in [1.82, 2.24) is 5.32 Å². The van der Waals surface area contributed by atoms with E-state index in [9.17, 15) is 4.79 Å². The minimum absolute atomic E-state index is 0.323. The molecule has 1 amide bonds. The van der Waals surface area contributed by atoms with Crippen LogP contribution in [0.15, 0.2) is 30.3 Å². The quantitative estimate of drug-likeness (QED) is 0.922. The SMILES string of the molecule is CC(C)(C)OC(=O)NC[C@H]1CCN(c2ccccc2)C1. The maximum atomic E-state index is 11.6. The van der Waals surface area contributed by atoms with Crippen molar-refractivity contribution in [2.75, 3.05) is 24.5 Å². The topological polar surface area (TPSA) is 41.6 Å². The lowest BCUT2D eigenvalue weighted by Gasteiger charge is -2.21. The van der Waals surface area contributed by atoms with E-state index in [1.165, 1.54) is 5.69 Å². The molecule has 0 saturated carbocycles. The van der Waals surface area contributed by atoms with E-state index in [0.717, 1.165) is 19.5 Å². The van der Waals surface area contributed by atoms with E-state index in [1.807, 2.05) is 26.8 Å². The van der Waals surface area contributed by atoms with Gasteiger partial charge in [-0.1, -0.05) is 18.2 Å². The van der Waals surface area contributed by atoms with Crippen LogP contribution < -0.4 is 10.2 Å². The first-order chi connectivity index (χ1) is 9.44. The van der Waals surface area contributed by atoms with Gasteiger partial charge in [-0.15, -0.1) is 0 Å². The summed E-state index contributed by atoms with van der Waals surface area (Å²) in [5.41, 5.74) is 0.822. The first-order valence-electron chi connectivity index (χ1n) is 7.21. The highest BCUT2D eigenvalue weighted by molar-refractivity contribution is 5.67. The maximum absolute atomic E-state index is 11.6. The van der Waals surface area contributed by atoms with Gasteiger partial charge in [-0.25, -0.2) is 4.79 Å². The number of carbonyl (C=O) groups excluding carboxylic acids is 1. The number of amides is 1. The number of hydrogen-bond donors (Lipinski definition) is 1. The summed E-state index contributed by atoms with van der Waals surface area (Å²) in [4.78, 5) is 14.0. The van der Waals surface area contributed by atoms with Gasteiger partial charge in [0.25, 0.3) is 0 Å². The lowest BCUT2D eigenvalue weighted by Crippen LogP contribution is -2.36. The van der Waals surface area contributed by atoms with Crippen LogP contribution in [0, 0.1) is 5.92 Å². The number of para-hydroxylation sites is 1. The van der Waals surface area contributed by atoms with Crippen LogP contribution in [0.25, 0.3) is 0 Å². The van der Waals surface area contributed by atoms with Crippen molar-refractivity contribution < 1.29 is 9.53 Å². The van der Waals surface area contributed by atoms with Crippen LogP contribution in [-0.4, -0.2) is 31.3 Å². The van der Waals surface area contributed by atoms with Crippen molar-refractivity contribution in [2.24, 2.45) is 5.92 Å². The van der Waals surface area contributed by atoms with E-state index in [2.05, 4.69) is 34.5 Å². The summed E-state index contributed by atoms with van der Waals surface area (Å²) in [5, 5.41) is 2.87. The molecule has 1 saturated heterocycles. The number of anilines is 1. The van der Waals surface area contributed by atoms with Crippen LogP contribution in [0.3, 0.4) is 0 Å². The second kappa shape index (κ2) is 6.16. The first-order valence-corrected chi connectivity index (χ1v) is 7.21. The van der Waals surface area contributed by atoms with Crippen molar-refractivity contribution in [3.8, 4) is 0 Å². The van der Waals surface area contributed by atoms with Gasteiger partial charge in [0.15, 0.2) is 0 Å². The van der Waals surface area contributed by atoms with Gasteiger partial charge < -0.3 is 15.0 Å². The van der Waals surface area contributed by atoms with Gasteiger partial charge in [0.2, 0.25) is 0 Å². The largest absolute Gasteiger partial charge is 0.444 e. The average Bonchev–Trinajstić information content (AvgIpc) is 2.84. The third-order valence-electron chi connectivity index (χ3n) is 3.34. The monoisotopic (exact) mass is 276 g/mol. The molecule has 1 aromatic rings. The van der Waals surface area contributed by atoms with Crippen LogP contribution >= 0.6 is 0 Å². The average molecular weight is 276 g/mol. The molecule has 0 bridgehead atoms. The van der Waals surface area contributed by atoms with E-state index in [0.29, 0.717) is 12.5 Å². The molecular formula is C16H24N2O2. The minimum Gasteiger partial charge on any atom is -0.444 e. The molecule has 4 heteroatoms. The predicted molar refractivity (Wildman–Crippen MR) is 81.0 cm³/mol. The van der Waals surface area contributed by atoms with Gasteiger partial charge in [0.1, 0.15) is 5.60 Å². The Morgan fingerprint density at radius 2 is 2.05 bits per heavy atom. The van der Waals surface area contributed by atoms with E-state index in [-0.39, 0.29) is 6.09 Å². The van der Waals surface area contributed by atoms with Crippen molar-refractivity contribution in [3.05, 3.63) is 30.3 Å².